The summed E-state index contributed by atoms with van der Waals surface area (Å²) in [6.07, 6.45) is 4.16. The van der Waals surface area contributed by atoms with Gasteiger partial charge in [-0.2, -0.15) is 14.8 Å². The van der Waals surface area contributed by atoms with E-state index in [-0.39, 0.29) is 5.75 Å². The Hall–Kier alpha value is -2.94. The second-order valence-corrected chi connectivity index (χ2v) is 3.94. The molecule has 19 heavy (non-hydrogen) atoms. The van der Waals surface area contributed by atoms with Crippen LogP contribution in [0.2, 0.25) is 0 Å². The minimum Gasteiger partial charge on any atom is -0.506 e. The van der Waals surface area contributed by atoms with Crippen LogP contribution in [0.15, 0.2) is 36.8 Å². The van der Waals surface area contributed by atoms with Crippen molar-refractivity contribution >= 4 is 5.52 Å². The topological polar surface area (TPSA) is 74.2 Å². The van der Waals surface area contributed by atoms with Crippen LogP contribution in [0, 0.1) is 17.3 Å². The average Bonchev–Trinajstić information content (AvgIpc) is 2.81. The molecule has 0 unspecified atom stereocenters. The highest BCUT2D eigenvalue weighted by atomic mass is 19.1. The molecule has 6 heteroatoms. The summed E-state index contributed by atoms with van der Waals surface area (Å²) in [5.74, 6) is -0.589. The Morgan fingerprint density at radius 3 is 2.84 bits per heavy atom. The van der Waals surface area contributed by atoms with E-state index in [0.717, 1.165) is 0 Å². The Morgan fingerprint density at radius 2 is 2.16 bits per heavy atom. The standard InChI is InChI=1S/C13H7FN4O/c14-12-2-1-8(5-16-12)11-3-10(19)7-18-13(11)9(4-15)6-17-18/h1-3,5-7,19H. The molecule has 0 saturated carbocycles. The number of nitriles is 1. The van der Waals surface area contributed by atoms with E-state index in [9.17, 15) is 9.50 Å². The fraction of sp³-hybridized carbons (Fsp3) is 0. The molecule has 0 atom stereocenters. The number of pyridine rings is 2. The molecule has 0 fully saturated rings. The van der Waals surface area contributed by atoms with Gasteiger partial charge in [-0.3, -0.25) is 0 Å². The molecule has 3 aromatic rings. The number of fused-ring (bicyclic) bond motifs is 1. The number of rotatable bonds is 1. The van der Waals surface area contributed by atoms with Crippen molar-refractivity contribution in [1.82, 2.24) is 14.6 Å². The van der Waals surface area contributed by atoms with Gasteiger partial charge in [-0.25, -0.2) is 9.50 Å². The summed E-state index contributed by atoms with van der Waals surface area (Å²) in [7, 11) is 0. The van der Waals surface area contributed by atoms with Gasteiger partial charge in [0.05, 0.1) is 23.5 Å². The van der Waals surface area contributed by atoms with Crippen LogP contribution in [0.3, 0.4) is 0 Å². The van der Waals surface area contributed by atoms with E-state index in [1.165, 1.54) is 41.3 Å². The van der Waals surface area contributed by atoms with Gasteiger partial charge in [0.15, 0.2) is 0 Å². The first-order valence-corrected chi connectivity index (χ1v) is 5.41. The highest BCUT2D eigenvalue weighted by molar-refractivity contribution is 5.84. The van der Waals surface area contributed by atoms with Gasteiger partial charge in [-0.05, 0) is 18.2 Å². The van der Waals surface area contributed by atoms with E-state index in [2.05, 4.69) is 10.1 Å². The van der Waals surface area contributed by atoms with Crippen LogP contribution in [-0.2, 0) is 0 Å². The van der Waals surface area contributed by atoms with Crippen LogP contribution in [0.5, 0.6) is 5.75 Å². The summed E-state index contributed by atoms with van der Waals surface area (Å²) in [5.41, 5.74) is 2.09. The van der Waals surface area contributed by atoms with E-state index < -0.39 is 5.95 Å². The van der Waals surface area contributed by atoms with E-state index in [0.29, 0.717) is 22.2 Å². The minimum absolute atomic E-state index is 0.000542. The molecule has 0 aliphatic heterocycles. The molecule has 5 nitrogen and oxygen atoms in total. The largest absolute Gasteiger partial charge is 0.506 e. The second-order valence-electron chi connectivity index (χ2n) is 3.94. The van der Waals surface area contributed by atoms with Crippen molar-refractivity contribution < 1.29 is 9.50 Å². The van der Waals surface area contributed by atoms with Crippen LogP contribution < -0.4 is 0 Å². The summed E-state index contributed by atoms with van der Waals surface area (Å²) in [5, 5.41) is 22.7. The first kappa shape index (κ1) is 11.2. The molecule has 1 N–H and O–H groups in total. The molecule has 3 aromatic heterocycles. The van der Waals surface area contributed by atoms with Crippen molar-refractivity contribution in [3.05, 3.63) is 48.3 Å². The zero-order valence-corrected chi connectivity index (χ0v) is 9.58. The maximum absolute atomic E-state index is 12.9. The van der Waals surface area contributed by atoms with E-state index >= 15 is 0 Å². The minimum atomic E-state index is -0.589. The Kier molecular flexibility index (Phi) is 2.39. The van der Waals surface area contributed by atoms with Gasteiger partial charge in [0.25, 0.3) is 0 Å². The number of aromatic nitrogens is 3. The number of hydrogen-bond donors (Lipinski definition) is 1. The average molecular weight is 254 g/mol. The zero-order valence-electron chi connectivity index (χ0n) is 9.58. The lowest BCUT2D eigenvalue weighted by atomic mass is 10.1. The second kappa shape index (κ2) is 4.07. The lowest BCUT2D eigenvalue weighted by Crippen LogP contribution is -1.91. The lowest BCUT2D eigenvalue weighted by Gasteiger charge is -2.05. The molecular weight excluding hydrogens is 247 g/mol. The maximum Gasteiger partial charge on any atom is 0.212 e. The summed E-state index contributed by atoms with van der Waals surface area (Å²) in [6.45, 7) is 0. The molecule has 0 amide bonds. The van der Waals surface area contributed by atoms with Crippen LogP contribution in [0.4, 0.5) is 4.39 Å². The molecule has 0 bridgehead atoms. The van der Waals surface area contributed by atoms with E-state index in [1.54, 1.807) is 0 Å². The van der Waals surface area contributed by atoms with Gasteiger partial charge in [0.2, 0.25) is 5.95 Å². The summed E-state index contributed by atoms with van der Waals surface area (Å²) >= 11 is 0. The third-order valence-corrected chi connectivity index (χ3v) is 2.76. The molecular formula is C13H7FN4O. The molecule has 0 spiro atoms. The lowest BCUT2D eigenvalue weighted by molar-refractivity contribution is 0.471. The first-order valence-electron chi connectivity index (χ1n) is 5.41. The zero-order chi connectivity index (χ0) is 13.4. The van der Waals surface area contributed by atoms with Crippen molar-refractivity contribution in [3.8, 4) is 22.9 Å². The third kappa shape index (κ3) is 1.77. The van der Waals surface area contributed by atoms with Crippen molar-refractivity contribution in [2.45, 2.75) is 0 Å². The molecule has 0 aliphatic carbocycles. The summed E-state index contributed by atoms with van der Waals surface area (Å²) < 4.78 is 14.3. The number of hydrogen-bond acceptors (Lipinski definition) is 4. The number of halogens is 1. The van der Waals surface area contributed by atoms with E-state index in [4.69, 9.17) is 5.26 Å². The van der Waals surface area contributed by atoms with E-state index in [1.807, 2.05) is 6.07 Å². The molecule has 92 valence electrons. The molecule has 0 aromatic carbocycles. The van der Waals surface area contributed by atoms with Crippen LogP contribution in [-0.4, -0.2) is 19.7 Å². The number of aromatic hydroxyl groups is 1. The third-order valence-electron chi connectivity index (χ3n) is 2.76. The highest BCUT2D eigenvalue weighted by Gasteiger charge is 2.12. The monoisotopic (exact) mass is 254 g/mol. The van der Waals surface area contributed by atoms with Crippen LogP contribution in [0.1, 0.15) is 5.56 Å². The van der Waals surface area contributed by atoms with Crippen LogP contribution >= 0.6 is 0 Å². The highest BCUT2D eigenvalue weighted by Crippen LogP contribution is 2.29. The molecule has 3 heterocycles. The molecule has 0 saturated heterocycles. The SMILES string of the molecule is N#Cc1cnn2cc(O)cc(-c3ccc(F)nc3)c12. The molecule has 0 radical (unpaired) electrons. The predicted octanol–water partition coefficient (Wildman–Crippen LogP) is 2.11. The summed E-state index contributed by atoms with van der Waals surface area (Å²) in [6, 6.07) is 6.28. The first-order chi connectivity index (χ1) is 9.19. The van der Waals surface area contributed by atoms with Crippen LogP contribution in [0.25, 0.3) is 16.6 Å². The normalized spacial score (nSPS) is 10.5. The Bertz CT molecular complexity index is 802. The Balaban J connectivity index is 2.36. The fourth-order valence-corrected chi connectivity index (χ4v) is 1.94. The van der Waals surface area contributed by atoms with Gasteiger partial charge in [-0.15, -0.1) is 0 Å². The van der Waals surface area contributed by atoms with Gasteiger partial charge in [0, 0.05) is 17.3 Å². The van der Waals surface area contributed by atoms with Crippen molar-refractivity contribution in [2.24, 2.45) is 0 Å². The fourth-order valence-electron chi connectivity index (χ4n) is 1.94. The van der Waals surface area contributed by atoms with Gasteiger partial charge < -0.3 is 5.11 Å². The molecule has 3 rings (SSSR count). The van der Waals surface area contributed by atoms with Crippen molar-refractivity contribution in [2.75, 3.05) is 0 Å². The van der Waals surface area contributed by atoms with Gasteiger partial charge in [0.1, 0.15) is 11.8 Å². The van der Waals surface area contributed by atoms with Gasteiger partial charge in [-0.1, -0.05) is 0 Å². The van der Waals surface area contributed by atoms with Gasteiger partial charge >= 0.3 is 0 Å². The maximum atomic E-state index is 12.9. The van der Waals surface area contributed by atoms with Crippen molar-refractivity contribution in [3.63, 3.8) is 0 Å². The summed E-state index contributed by atoms with van der Waals surface area (Å²) in [4.78, 5) is 3.57. The Labute approximate surface area is 107 Å². The predicted molar refractivity (Wildman–Crippen MR) is 64.8 cm³/mol. The number of nitrogens with zero attached hydrogens (tertiary/aromatic N) is 4. The smallest absolute Gasteiger partial charge is 0.212 e. The van der Waals surface area contributed by atoms with Crippen molar-refractivity contribution in [1.29, 1.82) is 5.26 Å². The molecule has 0 aliphatic rings. The Morgan fingerprint density at radius 1 is 1.32 bits per heavy atom. The quantitative estimate of drug-likeness (QED) is 0.675.